The number of anilines is 2. The van der Waals surface area contributed by atoms with E-state index in [4.69, 9.17) is 10.5 Å². The van der Waals surface area contributed by atoms with Crippen LogP contribution in [-0.2, 0) is 0 Å². The molecule has 1 aromatic carbocycles. The maximum Gasteiger partial charge on any atom is 0.263 e. The third-order valence-electron chi connectivity index (χ3n) is 3.32. The SMILES string of the molecule is CCOc1cccc(N)c1C(=O)Nc1nc(C2CC2)cs1. The van der Waals surface area contributed by atoms with Gasteiger partial charge in [0.25, 0.3) is 5.91 Å². The molecule has 0 saturated heterocycles. The van der Waals surface area contributed by atoms with Crippen molar-refractivity contribution in [3.05, 3.63) is 34.8 Å². The highest BCUT2D eigenvalue weighted by molar-refractivity contribution is 7.14. The number of aromatic nitrogens is 1. The molecule has 1 aromatic heterocycles. The summed E-state index contributed by atoms with van der Waals surface area (Å²) in [6, 6.07) is 5.20. The lowest BCUT2D eigenvalue weighted by molar-refractivity contribution is 0.102. The normalized spacial score (nSPS) is 14.0. The van der Waals surface area contributed by atoms with E-state index in [2.05, 4.69) is 10.3 Å². The third kappa shape index (κ3) is 3.00. The number of amides is 1. The van der Waals surface area contributed by atoms with Crippen molar-refractivity contribution in [1.29, 1.82) is 0 Å². The minimum atomic E-state index is -0.284. The molecule has 0 bridgehead atoms. The summed E-state index contributed by atoms with van der Waals surface area (Å²) in [5.41, 5.74) is 7.75. The lowest BCUT2D eigenvalue weighted by atomic mass is 10.1. The molecule has 1 aliphatic carbocycles. The van der Waals surface area contributed by atoms with Crippen molar-refractivity contribution in [3.63, 3.8) is 0 Å². The molecule has 1 heterocycles. The average molecular weight is 303 g/mol. The topological polar surface area (TPSA) is 77.2 Å². The second kappa shape index (κ2) is 5.73. The van der Waals surface area contributed by atoms with Gasteiger partial charge in [0.15, 0.2) is 5.13 Å². The van der Waals surface area contributed by atoms with Gasteiger partial charge in [0.05, 0.1) is 12.3 Å². The number of nitrogens with two attached hydrogens (primary N) is 1. The van der Waals surface area contributed by atoms with Crippen molar-refractivity contribution in [2.24, 2.45) is 0 Å². The van der Waals surface area contributed by atoms with Crippen LogP contribution in [0.15, 0.2) is 23.6 Å². The summed E-state index contributed by atoms with van der Waals surface area (Å²) >= 11 is 1.44. The Balaban J connectivity index is 1.80. The monoisotopic (exact) mass is 303 g/mol. The van der Waals surface area contributed by atoms with Crippen LogP contribution < -0.4 is 15.8 Å². The predicted molar refractivity (Wildman–Crippen MR) is 84.1 cm³/mol. The quantitative estimate of drug-likeness (QED) is 0.831. The van der Waals surface area contributed by atoms with E-state index in [1.807, 2.05) is 12.3 Å². The van der Waals surface area contributed by atoms with Gasteiger partial charge in [-0.15, -0.1) is 11.3 Å². The molecule has 0 spiro atoms. The first-order valence-corrected chi connectivity index (χ1v) is 7.85. The van der Waals surface area contributed by atoms with E-state index < -0.39 is 0 Å². The molecule has 3 rings (SSSR count). The van der Waals surface area contributed by atoms with E-state index in [-0.39, 0.29) is 5.91 Å². The molecule has 0 unspecified atom stereocenters. The van der Waals surface area contributed by atoms with E-state index >= 15 is 0 Å². The number of hydrogen-bond donors (Lipinski definition) is 2. The molecule has 3 N–H and O–H groups in total. The van der Waals surface area contributed by atoms with Crippen molar-refractivity contribution >= 4 is 28.1 Å². The lowest BCUT2D eigenvalue weighted by Gasteiger charge is -2.11. The summed E-state index contributed by atoms with van der Waals surface area (Å²) in [6.07, 6.45) is 2.38. The summed E-state index contributed by atoms with van der Waals surface area (Å²) in [4.78, 5) is 16.9. The number of nitrogens with one attached hydrogen (secondary N) is 1. The Bertz CT molecular complexity index is 665. The molecule has 5 nitrogen and oxygen atoms in total. The van der Waals surface area contributed by atoms with Crippen LogP contribution in [0.1, 0.15) is 41.7 Å². The van der Waals surface area contributed by atoms with Crippen LogP contribution >= 0.6 is 11.3 Å². The van der Waals surface area contributed by atoms with Gasteiger partial charge in [-0.25, -0.2) is 4.98 Å². The van der Waals surface area contributed by atoms with Crippen LogP contribution in [0.3, 0.4) is 0 Å². The highest BCUT2D eigenvalue weighted by Gasteiger charge is 2.26. The number of benzene rings is 1. The Morgan fingerprint density at radius 1 is 1.52 bits per heavy atom. The van der Waals surface area contributed by atoms with E-state index in [0.717, 1.165) is 5.69 Å². The molecular formula is C15H17N3O2S. The van der Waals surface area contributed by atoms with E-state index in [0.29, 0.717) is 34.7 Å². The van der Waals surface area contributed by atoms with Crippen LogP contribution in [0.25, 0.3) is 0 Å². The van der Waals surface area contributed by atoms with E-state index in [1.54, 1.807) is 18.2 Å². The van der Waals surface area contributed by atoms with Crippen LogP contribution in [0, 0.1) is 0 Å². The van der Waals surface area contributed by atoms with Crippen LogP contribution in [-0.4, -0.2) is 17.5 Å². The number of carbonyl (C=O) groups excluding carboxylic acids is 1. The largest absolute Gasteiger partial charge is 0.493 e. The third-order valence-corrected chi connectivity index (χ3v) is 4.10. The summed E-state index contributed by atoms with van der Waals surface area (Å²) in [5.74, 6) is 0.787. The molecule has 1 amide bonds. The molecule has 0 radical (unpaired) electrons. The first-order chi connectivity index (χ1) is 10.2. The Morgan fingerprint density at radius 3 is 3.05 bits per heavy atom. The number of carbonyl (C=O) groups is 1. The van der Waals surface area contributed by atoms with Crippen LogP contribution in [0.5, 0.6) is 5.75 Å². The zero-order valence-electron chi connectivity index (χ0n) is 11.8. The fourth-order valence-corrected chi connectivity index (χ4v) is 2.92. The lowest BCUT2D eigenvalue weighted by Crippen LogP contribution is -2.15. The van der Waals surface area contributed by atoms with Crippen molar-refractivity contribution < 1.29 is 9.53 Å². The fraction of sp³-hybridized carbons (Fsp3) is 0.333. The number of rotatable bonds is 5. The molecule has 1 aliphatic rings. The Labute approximate surface area is 127 Å². The molecular weight excluding hydrogens is 286 g/mol. The number of nitrogen functional groups attached to an aromatic ring is 1. The van der Waals surface area contributed by atoms with Gasteiger partial charge in [0.2, 0.25) is 0 Å². The van der Waals surface area contributed by atoms with Gasteiger partial charge >= 0.3 is 0 Å². The summed E-state index contributed by atoms with van der Waals surface area (Å²) < 4.78 is 5.47. The Hall–Kier alpha value is -2.08. The Morgan fingerprint density at radius 2 is 2.33 bits per heavy atom. The second-order valence-corrected chi connectivity index (χ2v) is 5.82. The summed E-state index contributed by atoms with van der Waals surface area (Å²) in [6.45, 7) is 2.35. The highest BCUT2D eigenvalue weighted by Crippen LogP contribution is 2.41. The van der Waals surface area contributed by atoms with Gasteiger partial charge in [-0.1, -0.05) is 6.07 Å². The predicted octanol–water partition coefficient (Wildman–Crippen LogP) is 3.25. The Kier molecular flexibility index (Phi) is 3.79. The van der Waals surface area contributed by atoms with Gasteiger partial charge in [-0.3, -0.25) is 10.1 Å². The van der Waals surface area contributed by atoms with Crippen LogP contribution in [0.2, 0.25) is 0 Å². The first-order valence-electron chi connectivity index (χ1n) is 6.97. The molecule has 110 valence electrons. The van der Waals surface area contributed by atoms with Gasteiger partial charge in [-0.05, 0) is 31.9 Å². The number of hydrogen-bond acceptors (Lipinski definition) is 5. The van der Waals surface area contributed by atoms with Gasteiger partial charge in [0.1, 0.15) is 11.3 Å². The minimum absolute atomic E-state index is 0.284. The molecule has 0 atom stereocenters. The standard InChI is InChI=1S/C15H17N3O2S/c1-2-20-12-5-3-4-10(16)13(12)14(19)18-15-17-11(8-21-15)9-6-7-9/h3-5,8-9H,2,6-7,16H2,1H3,(H,17,18,19). The molecule has 21 heavy (non-hydrogen) atoms. The first kappa shape index (κ1) is 13.9. The number of nitrogens with zero attached hydrogens (tertiary/aromatic N) is 1. The van der Waals surface area contributed by atoms with Crippen molar-refractivity contribution in [3.8, 4) is 5.75 Å². The van der Waals surface area contributed by atoms with Crippen molar-refractivity contribution in [2.45, 2.75) is 25.7 Å². The van der Waals surface area contributed by atoms with Gasteiger partial charge in [-0.2, -0.15) is 0 Å². The minimum Gasteiger partial charge on any atom is -0.493 e. The smallest absolute Gasteiger partial charge is 0.263 e. The van der Waals surface area contributed by atoms with Crippen molar-refractivity contribution in [1.82, 2.24) is 4.98 Å². The van der Waals surface area contributed by atoms with Gasteiger partial charge in [0, 0.05) is 17.0 Å². The summed E-state index contributed by atoms with van der Waals surface area (Å²) in [5, 5.41) is 5.42. The maximum atomic E-state index is 12.4. The second-order valence-electron chi connectivity index (χ2n) is 4.96. The van der Waals surface area contributed by atoms with Gasteiger partial charge < -0.3 is 10.5 Å². The molecule has 1 saturated carbocycles. The zero-order valence-corrected chi connectivity index (χ0v) is 12.6. The zero-order chi connectivity index (χ0) is 14.8. The molecule has 6 heteroatoms. The highest BCUT2D eigenvalue weighted by atomic mass is 32.1. The number of thiazole rings is 1. The van der Waals surface area contributed by atoms with Crippen LogP contribution in [0.4, 0.5) is 10.8 Å². The summed E-state index contributed by atoms with van der Waals surface area (Å²) in [7, 11) is 0. The number of ether oxygens (including phenoxy) is 1. The maximum absolute atomic E-state index is 12.4. The molecule has 1 fully saturated rings. The van der Waals surface area contributed by atoms with Crippen molar-refractivity contribution in [2.75, 3.05) is 17.7 Å². The van der Waals surface area contributed by atoms with E-state index in [1.165, 1.54) is 24.2 Å². The van der Waals surface area contributed by atoms with E-state index in [9.17, 15) is 4.79 Å². The fourth-order valence-electron chi connectivity index (χ4n) is 2.14. The average Bonchev–Trinajstić information content (AvgIpc) is 3.20. The molecule has 2 aromatic rings. The molecule has 0 aliphatic heterocycles.